The summed E-state index contributed by atoms with van der Waals surface area (Å²) >= 11 is 0. The summed E-state index contributed by atoms with van der Waals surface area (Å²) in [6, 6.07) is 12.5. The van der Waals surface area contributed by atoms with Gasteiger partial charge < -0.3 is 20.5 Å². The highest BCUT2D eigenvalue weighted by Gasteiger charge is 2.22. The van der Waals surface area contributed by atoms with Gasteiger partial charge in [0.2, 0.25) is 0 Å². The SMILES string of the molecule is CCNC(=NCC(C)(O)c1ccccc1)NCCOc1ccc(F)cc1F. The van der Waals surface area contributed by atoms with Crippen LogP contribution in [0, 0.1) is 11.6 Å². The Labute approximate surface area is 158 Å². The van der Waals surface area contributed by atoms with Crippen LogP contribution in [-0.2, 0) is 5.60 Å². The van der Waals surface area contributed by atoms with Crippen LogP contribution >= 0.6 is 0 Å². The number of ether oxygens (including phenoxy) is 1. The maximum Gasteiger partial charge on any atom is 0.191 e. The molecule has 0 radical (unpaired) electrons. The molecular formula is C20H25F2N3O2. The van der Waals surface area contributed by atoms with E-state index in [0.29, 0.717) is 19.0 Å². The van der Waals surface area contributed by atoms with E-state index in [9.17, 15) is 13.9 Å². The van der Waals surface area contributed by atoms with E-state index in [1.165, 1.54) is 6.07 Å². The monoisotopic (exact) mass is 377 g/mol. The Balaban J connectivity index is 1.88. The van der Waals surface area contributed by atoms with Crippen LogP contribution in [0.2, 0.25) is 0 Å². The van der Waals surface area contributed by atoms with Crippen molar-refractivity contribution in [3.8, 4) is 5.75 Å². The zero-order chi connectivity index (χ0) is 19.7. The molecule has 2 aromatic rings. The third-order valence-electron chi connectivity index (χ3n) is 3.83. The molecule has 2 rings (SSSR count). The second-order valence-corrected chi connectivity index (χ2v) is 6.19. The molecule has 0 aliphatic rings. The number of guanidine groups is 1. The highest BCUT2D eigenvalue weighted by atomic mass is 19.1. The molecule has 5 nitrogen and oxygen atoms in total. The van der Waals surface area contributed by atoms with Gasteiger partial charge in [-0.05, 0) is 31.5 Å². The molecule has 1 unspecified atom stereocenters. The van der Waals surface area contributed by atoms with Crippen molar-refractivity contribution < 1.29 is 18.6 Å². The Kier molecular flexibility index (Phi) is 7.55. The zero-order valence-electron chi connectivity index (χ0n) is 15.5. The van der Waals surface area contributed by atoms with Gasteiger partial charge in [-0.3, -0.25) is 0 Å². The van der Waals surface area contributed by atoms with Crippen molar-refractivity contribution in [2.45, 2.75) is 19.4 Å². The molecule has 0 fully saturated rings. The summed E-state index contributed by atoms with van der Waals surface area (Å²) in [6.07, 6.45) is 0. The number of hydrogen-bond acceptors (Lipinski definition) is 3. The Bertz CT molecular complexity index is 752. The molecule has 0 amide bonds. The van der Waals surface area contributed by atoms with Crippen LogP contribution in [-0.4, -0.2) is 37.3 Å². The average molecular weight is 377 g/mol. The molecule has 3 N–H and O–H groups in total. The van der Waals surface area contributed by atoms with Crippen LogP contribution in [0.5, 0.6) is 5.75 Å². The lowest BCUT2D eigenvalue weighted by atomic mass is 9.96. The van der Waals surface area contributed by atoms with Crippen LogP contribution in [0.1, 0.15) is 19.4 Å². The van der Waals surface area contributed by atoms with E-state index in [1.807, 2.05) is 37.3 Å². The topological polar surface area (TPSA) is 65.9 Å². The molecule has 27 heavy (non-hydrogen) atoms. The maximum absolute atomic E-state index is 13.5. The van der Waals surface area contributed by atoms with Crippen molar-refractivity contribution in [3.05, 3.63) is 65.7 Å². The van der Waals surface area contributed by atoms with Gasteiger partial charge in [-0.1, -0.05) is 30.3 Å². The smallest absolute Gasteiger partial charge is 0.191 e. The van der Waals surface area contributed by atoms with Gasteiger partial charge in [0.15, 0.2) is 17.5 Å². The first-order chi connectivity index (χ1) is 12.9. The predicted octanol–water partition coefficient (Wildman–Crippen LogP) is 2.81. The van der Waals surface area contributed by atoms with Crippen molar-refractivity contribution in [1.29, 1.82) is 0 Å². The lowest BCUT2D eigenvalue weighted by Crippen LogP contribution is -2.40. The molecule has 0 saturated heterocycles. The van der Waals surface area contributed by atoms with Crippen molar-refractivity contribution in [2.24, 2.45) is 4.99 Å². The molecule has 1 atom stereocenters. The Morgan fingerprint density at radius 1 is 1.15 bits per heavy atom. The van der Waals surface area contributed by atoms with Gasteiger partial charge in [0.25, 0.3) is 0 Å². The minimum Gasteiger partial charge on any atom is -0.489 e. The van der Waals surface area contributed by atoms with Crippen LogP contribution in [0.25, 0.3) is 0 Å². The van der Waals surface area contributed by atoms with Gasteiger partial charge in [-0.25, -0.2) is 13.8 Å². The number of aliphatic imine (C=N–C) groups is 1. The molecule has 0 spiro atoms. The number of halogens is 2. The first kappa shape index (κ1) is 20.6. The predicted molar refractivity (Wildman–Crippen MR) is 102 cm³/mol. The molecule has 0 aliphatic heterocycles. The molecule has 0 bridgehead atoms. The fourth-order valence-corrected chi connectivity index (χ4v) is 2.39. The summed E-state index contributed by atoms with van der Waals surface area (Å²) in [5.74, 6) is -0.886. The number of aliphatic hydroxyl groups is 1. The number of nitrogens with zero attached hydrogens (tertiary/aromatic N) is 1. The van der Waals surface area contributed by atoms with Gasteiger partial charge in [0.05, 0.1) is 13.1 Å². The second kappa shape index (κ2) is 9.87. The summed E-state index contributed by atoms with van der Waals surface area (Å²) < 4.78 is 31.7. The largest absolute Gasteiger partial charge is 0.489 e. The first-order valence-electron chi connectivity index (χ1n) is 8.80. The Hall–Kier alpha value is -2.67. The number of rotatable bonds is 8. The normalized spacial score (nSPS) is 13.7. The fraction of sp³-hybridized carbons (Fsp3) is 0.350. The molecule has 2 aromatic carbocycles. The summed E-state index contributed by atoms with van der Waals surface area (Å²) in [6.45, 7) is 4.97. The average Bonchev–Trinajstić information content (AvgIpc) is 2.65. The van der Waals surface area contributed by atoms with Crippen molar-refractivity contribution in [1.82, 2.24) is 10.6 Å². The molecule has 146 valence electrons. The van der Waals surface area contributed by atoms with E-state index >= 15 is 0 Å². The quantitative estimate of drug-likeness (QED) is 0.376. The van der Waals surface area contributed by atoms with E-state index in [2.05, 4.69) is 15.6 Å². The second-order valence-electron chi connectivity index (χ2n) is 6.19. The highest BCUT2D eigenvalue weighted by molar-refractivity contribution is 5.79. The molecule has 0 heterocycles. The first-order valence-corrected chi connectivity index (χ1v) is 8.80. The highest BCUT2D eigenvalue weighted by Crippen LogP contribution is 2.20. The lowest BCUT2D eigenvalue weighted by Gasteiger charge is -2.22. The maximum atomic E-state index is 13.5. The molecule has 0 saturated carbocycles. The van der Waals surface area contributed by atoms with E-state index in [4.69, 9.17) is 4.74 Å². The third kappa shape index (κ3) is 6.53. The van der Waals surface area contributed by atoms with Crippen molar-refractivity contribution in [2.75, 3.05) is 26.2 Å². The van der Waals surface area contributed by atoms with Gasteiger partial charge in [0.1, 0.15) is 18.0 Å². The minimum absolute atomic E-state index is 0.00727. The van der Waals surface area contributed by atoms with E-state index < -0.39 is 17.2 Å². The minimum atomic E-state index is -1.10. The summed E-state index contributed by atoms with van der Waals surface area (Å²) in [5, 5.41) is 16.7. The van der Waals surface area contributed by atoms with Crippen molar-refractivity contribution in [3.63, 3.8) is 0 Å². The summed E-state index contributed by atoms with van der Waals surface area (Å²) in [5.41, 5.74) is -0.322. The number of hydrogen-bond donors (Lipinski definition) is 3. The van der Waals surface area contributed by atoms with E-state index in [1.54, 1.807) is 6.92 Å². The molecule has 0 aromatic heterocycles. The van der Waals surface area contributed by atoms with Gasteiger partial charge in [-0.15, -0.1) is 0 Å². The summed E-state index contributed by atoms with van der Waals surface area (Å²) in [7, 11) is 0. The van der Waals surface area contributed by atoms with Crippen LogP contribution in [0.15, 0.2) is 53.5 Å². The summed E-state index contributed by atoms with van der Waals surface area (Å²) in [4.78, 5) is 4.40. The number of nitrogens with one attached hydrogen (secondary N) is 2. The number of benzene rings is 2. The Morgan fingerprint density at radius 3 is 2.56 bits per heavy atom. The Morgan fingerprint density at radius 2 is 1.89 bits per heavy atom. The lowest BCUT2D eigenvalue weighted by molar-refractivity contribution is 0.0672. The van der Waals surface area contributed by atoms with Gasteiger partial charge in [0, 0.05) is 12.6 Å². The van der Waals surface area contributed by atoms with Gasteiger partial charge >= 0.3 is 0 Å². The third-order valence-corrected chi connectivity index (χ3v) is 3.83. The molecular weight excluding hydrogens is 352 g/mol. The standard InChI is InChI=1S/C20H25F2N3O2/c1-3-23-19(25-14-20(2,26)15-7-5-4-6-8-15)24-11-12-27-18-10-9-16(21)13-17(18)22/h4-10,13,26H,3,11-12,14H2,1-2H3,(H2,23,24,25). The van der Waals surface area contributed by atoms with Gasteiger partial charge in [-0.2, -0.15) is 0 Å². The molecule has 7 heteroatoms. The van der Waals surface area contributed by atoms with E-state index in [0.717, 1.165) is 17.7 Å². The fourth-order valence-electron chi connectivity index (χ4n) is 2.39. The zero-order valence-corrected chi connectivity index (χ0v) is 15.5. The van der Waals surface area contributed by atoms with Crippen LogP contribution in [0.4, 0.5) is 8.78 Å². The van der Waals surface area contributed by atoms with Crippen LogP contribution < -0.4 is 15.4 Å². The molecule has 0 aliphatic carbocycles. The van der Waals surface area contributed by atoms with E-state index in [-0.39, 0.29) is 18.9 Å². The van der Waals surface area contributed by atoms with Crippen molar-refractivity contribution >= 4 is 5.96 Å². The van der Waals surface area contributed by atoms with Crippen LogP contribution in [0.3, 0.4) is 0 Å².